The first-order chi connectivity index (χ1) is 12.4. The van der Waals surface area contributed by atoms with Gasteiger partial charge in [-0.15, -0.1) is 0 Å². The van der Waals surface area contributed by atoms with E-state index in [1.54, 1.807) is 24.3 Å². The van der Waals surface area contributed by atoms with E-state index in [2.05, 4.69) is 4.31 Å². The lowest BCUT2D eigenvalue weighted by Gasteiger charge is -2.47. The van der Waals surface area contributed by atoms with E-state index in [1.807, 2.05) is 6.07 Å². The van der Waals surface area contributed by atoms with Crippen LogP contribution in [0.5, 0.6) is 5.75 Å². The predicted octanol–water partition coefficient (Wildman–Crippen LogP) is 4.38. The molecule has 0 unspecified atom stereocenters. The van der Waals surface area contributed by atoms with Crippen molar-refractivity contribution in [2.75, 3.05) is 26.3 Å². The molecule has 3 rings (SSSR count). The Labute approximate surface area is 165 Å². The quantitative estimate of drug-likeness (QED) is 0.713. The van der Waals surface area contributed by atoms with Gasteiger partial charge in [-0.1, -0.05) is 23.2 Å². The number of halogens is 3. The lowest BCUT2D eigenvalue weighted by molar-refractivity contribution is -0.0226. The van der Waals surface area contributed by atoms with E-state index in [0.717, 1.165) is 4.90 Å². The van der Waals surface area contributed by atoms with Gasteiger partial charge in [0.2, 0.25) is 0 Å². The van der Waals surface area contributed by atoms with Gasteiger partial charge in [-0.3, -0.25) is 0 Å². The van der Waals surface area contributed by atoms with Gasteiger partial charge in [0, 0.05) is 29.1 Å². The van der Waals surface area contributed by atoms with Crippen molar-refractivity contribution in [3.05, 3.63) is 57.8 Å². The summed E-state index contributed by atoms with van der Waals surface area (Å²) in [5, 5.41) is 19.7. The van der Waals surface area contributed by atoms with E-state index >= 15 is 0 Å². The molecule has 1 saturated heterocycles. The molecule has 1 aliphatic heterocycles. The first kappa shape index (κ1) is 19.3. The van der Waals surface area contributed by atoms with Crippen LogP contribution in [0.1, 0.15) is 5.56 Å². The van der Waals surface area contributed by atoms with Gasteiger partial charge in [0.1, 0.15) is 17.6 Å². The lowest BCUT2D eigenvalue weighted by Crippen LogP contribution is -2.58. The molecular weight excluding hydrogens is 398 g/mol. The number of aliphatic hydroxyl groups excluding tert-OH is 1. The molecule has 0 amide bonds. The van der Waals surface area contributed by atoms with Crippen molar-refractivity contribution in [3.8, 4) is 11.8 Å². The lowest BCUT2D eigenvalue weighted by atomic mass is 9.83. The molecule has 0 aliphatic carbocycles. The number of hydrogen-bond acceptors (Lipinski definition) is 5. The number of ether oxygens (including phenoxy) is 1. The molecule has 0 radical (unpaired) electrons. The van der Waals surface area contributed by atoms with Crippen LogP contribution in [-0.4, -0.2) is 35.7 Å². The third kappa shape index (κ3) is 4.25. The number of nitrogens with zero attached hydrogens (tertiary/aromatic N) is 2. The van der Waals surface area contributed by atoms with Crippen LogP contribution in [0, 0.1) is 22.6 Å². The molecular formula is C18H15Cl2FN2O2S. The molecule has 0 spiro atoms. The highest BCUT2D eigenvalue weighted by Crippen LogP contribution is 2.41. The van der Waals surface area contributed by atoms with E-state index in [4.69, 9.17) is 33.2 Å². The molecule has 2 aromatic rings. The van der Waals surface area contributed by atoms with Crippen LogP contribution in [0.25, 0.3) is 0 Å². The molecule has 0 bridgehead atoms. The van der Waals surface area contributed by atoms with Crippen LogP contribution in [0.15, 0.2) is 41.3 Å². The van der Waals surface area contributed by atoms with Crippen LogP contribution in [-0.2, 0) is 0 Å². The van der Waals surface area contributed by atoms with Gasteiger partial charge in [0.25, 0.3) is 0 Å². The van der Waals surface area contributed by atoms with Crippen LogP contribution in [0.2, 0.25) is 10.0 Å². The Morgan fingerprint density at radius 1 is 1.27 bits per heavy atom. The maximum absolute atomic E-state index is 13.6. The van der Waals surface area contributed by atoms with Gasteiger partial charge in [-0.25, -0.2) is 8.70 Å². The number of nitriles is 1. The van der Waals surface area contributed by atoms with E-state index in [1.165, 1.54) is 24.1 Å². The van der Waals surface area contributed by atoms with E-state index in [-0.39, 0.29) is 18.8 Å². The second kappa shape index (κ2) is 8.03. The molecule has 1 heterocycles. The molecule has 0 atom stereocenters. The summed E-state index contributed by atoms with van der Waals surface area (Å²) >= 11 is 13.6. The number of hydrogen-bond donors (Lipinski definition) is 1. The minimum atomic E-state index is -0.619. The van der Waals surface area contributed by atoms with Crippen molar-refractivity contribution in [2.45, 2.75) is 4.90 Å². The first-order valence-corrected chi connectivity index (χ1v) is 9.29. The van der Waals surface area contributed by atoms with Crippen molar-refractivity contribution >= 4 is 35.1 Å². The summed E-state index contributed by atoms with van der Waals surface area (Å²) in [4.78, 5) is 0.887. The van der Waals surface area contributed by atoms with Crippen molar-refractivity contribution in [2.24, 2.45) is 5.41 Å². The highest BCUT2D eigenvalue weighted by Gasteiger charge is 2.44. The van der Waals surface area contributed by atoms with Crippen LogP contribution >= 0.6 is 35.1 Å². The minimum Gasteiger partial charge on any atom is -0.493 e. The topological polar surface area (TPSA) is 56.5 Å². The Bertz CT molecular complexity index is 854. The maximum atomic E-state index is 13.6. The highest BCUT2D eigenvalue weighted by atomic mass is 35.5. The SMILES string of the molecule is N#Cc1ccc(OCC2(CO)CN(Sc3ccc(Cl)cc3Cl)C2)cc1F. The van der Waals surface area contributed by atoms with E-state index in [0.29, 0.717) is 28.9 Å². The Kier molecular flexibility index (Phi) is 5.96. The van der Waals surface area contributed by atoms with Crippen molar-refractivity contribution in [3.63, 3.8) is 0 Å². The molecule has 4 nitrogen and oxygen atoms in total. The van der Waals surface area contributed by atoms with Crippen LogP contribution in [0.3, 0.4) is 0 Å². The summed E-state index contributed by atoms with van der Waals surface area (Å²) < 4.78 is 21.3. The summed E-state index contributed by atoms with van der Waals surface area (Å²) in [7, 11) is 0. The Hall–Kier alpha value is -1.49. The van der Waals surface area contributed by atoms with Gasteiger partial charge in [-0.05, 0) is 42.3 Å². The predicted molar refractivity (Wildman–Crippen MR) is 100 cm³/mol. The Balaban J connectivity index is 1.57. The molecule has 26 heavy (non-hydrogen) atoms. The molecule has 2 aromatic carbocycles. The molecule has 0 aromatic heterocycles. The van der Waals surface area contributed by atoms with Crippen molar-refractivity contribution in [1.82, 2.24) is 4.31 Å². The summed E-state index contributed by atoms with van der Waals surface area (Å²) in [6.07, 6.45) is 0. The zero-order valence-electron chi connectivity index (χ0n) is 13.6. The van der Waals surface area contributed by atoms with E-state index in [9.17, 15) is 9.50 Å². The smallest absolute Gasteiger partial charge is 0.144 e. The standard InChI is InChI=1S/C18H15Cl2FN2O2S/c19-13-2-4-17(15(20)5-13)26-23-8-18(9-23,10-24)11-25-14-3-1-12(7-22)16(21)6-14/h1-6,24H,8-11H2. The van der Waals surface area contributed by atoms with Crippen molar-refractivity contribution in [1.29, 1.82) is 5.26 Å². The van der Waals surface area contributed by atoms with Gasteiger partial charge in [0.15, 0.2) is 0 Å². The van der Waals surface area contributed by atoms with Gasteiger partial charge in [-0.2, -0.15) is 5.26 Å². The summed E-state index contributed by atoms with van der Waals surface area (Å²) in [6.45, 7) is 1.41. The van der Waals surface area contributed by atoms with Crippen molar-refractivity contribution < 1.29 is 14.2 Å². The van der Waals surface area contributed by atoms with Gasteiger partial charge >= 0.3 is 0 Å². The van der Waals surface area contributed by atoms with Crippen LogP contribution < -0.4 is 4.74 Å². The Morgan fingerprint density at radius 2 is 2.04 bits per heavy atom. The highest BCUT2D eigenvalue weighted by molar-refractivity contribution is 7.97. The zero-order valence-corrected chi connectivity index (χ0v) is 15.9. The third-order valence-corrected chi connectivity index (χ3v) is 5.82. The number of benzene rings is 2. The fraction of sp³-hybridized carbons (Fsp3) is 0.278. The summed E-state index contributed by atoms with van der Waals surface area (Å²) in [5.41, 5.74) is -0.448. The average molecular weight is 413 g/mol. The average Bonchev–Trinajstić information content (AvgIpc) is 2.59. The molecule has 0 saturated carbocycles. The normalized spacial score (nSPS) is 16.0. The minimum absolute atomic E-state index is 0.0275. The molecule has 1 fully saturated rings. The first-order valence-electron chi connectivity index (χ1n) is 7.76. The molecule has 8 heteroatoms. The largest absolute Gasteiger partial charge is 0.493 e. The zero-order chi connectivity index (χ0) is 18.7. The Morgan fingerprint density at radius 3 is 2.65 bits per heavy atom. The second-order valence-corrected chi connectivity index (χ2v) is 8.15. The number of rotatable bonds is 6. The fourth-order valence-corrected chi connectivity index (χ4v) is 4.35. The van der Waals surface area contributed by atoms with Gasteiger partial charge in [0.05, 0.1) is 29.2 Å². The summed E-state index contributed by atoms with van der Waals surface area (Å²) in [5.74, 6) is -0.285. The van der Waals surface area contributed by atoms with Gasteiger partial charge < -0.3 is 9.84 Å². The maximum Gasteiger partial charge on any atom is 0.144 e. The summed E-state index contributed by atoms with van der Waals surface area (Å²) in [6, 6.07) is 11.2. The molecule has 1 N–H and O–H groups in total. The fourth-order valence-electron chi connectivity index (χ4n) is 2.60. The van der Waals surface area contributed by atoms with E-state index < -0.39 is 11.2 Å². The number of aliphatic hydroxyl groups is 1. The second-order valence-electron chi connectivity index (χ2n) is 6.16. The molecule has 136 valence electrons. The molecule has 1 aliphatic rings. The monoisotopic (exact) mass is 412 g/mol. The van der Waals surface area contributed by atoms with Crippen LogP contribution in [0.4, 0.5) is 4.39 Å². The third-order valence-electron chi connectivity index (χ3n) is 4.09.